The van der Waals surface area contributed by atoms with Crippen molar-refractivity contribution >= 4 is 0 Å². The normalized spacial score (nSPS) is 12.4. The van der Waals surface area contributed by atoms with E-state index in [0.29, 0.717) is 12.4 Å². The summed E-state index contributed by atoms with van der Waals surface area (Å²) in [7, 11) is 1.63. The minimum Gasteiger partial charge on any atom is -0.481 e. The molecule has 0 bridgehead atoms. The molecule has 0 spiro atoms. The fraction of sp³-hybridized carbons (Fsp3) is 0.467. The molecular weight excluding hydrogens is 252 g/mol. The molecule has 5 nitrogen and oxygen atoms in total. The zero-order chi connectivity index (χ0) is 14.7. The van der Waals surface area contributed by atoms with Gasteiger partial charge in [0.15, 0.2) is 0 Å². The van der Waals surface area contributed by atoms with Gasteiger partial charge in [-0.2, -0.15) is 5.10 Å². The number of hydrogen-bond acceptors (Lipinski definition) is 4. The maximum Gasteiger partial charge on any atom is 0.218 e. The molecule has 2 aromatic heterocycles. The molecule has 0 saturated heterocycles. The molecule has 2 aromatic rings. The molecule has 0 saturated carbocycles. The second-order valence-electron chi connectivity index (χ2n) is 5.16. The van der Waals surface area contributed by atoms with Crippen LogP contribution in [0.5, 0.6) is 5.88 Å². The molecule has 1 atom stereocenters. The first-order valence-corrected chi connectivity index (χ1v) is 6.79. The van der Waals surface area contributed by atoms with Gasteiger partial charge < -0.3 is 10.5 Å². The molecule has 0 aliphatic carbocycles. The maximum absolute atomic E-state index is 5.90. The molecule has 1 unspecified atom stereocenters. The molecule has 0 aliphatic heterocycles. The van der Waals surface area contributed by atoms with Crippen LogP contribution in [0.15, 0.2) is 18.3 Å². The molecule has 20 heavy (non-hydrogen) atoms. The Kier molecular flexibility index (Phi) is 4.39. The molecule has 0 radical (unpaired) electrons. The topological polar surface area (TPSA) is 66.0 Å². The second-order valence-corrected chi connectivity index (χ2v) is 5.16. The van der Waals surface area contributed by atoms with Gasteiger partial charge in [0.25, 0.3) is 0 Å². The highest BCUT2D eigenvalue weighted by molar-refractivity contribution is 5.29. The summed E-state index contributed by atoms with van der Waals surface area (Å²) in [5.41, 5.74) is 10.4. The highest BCUT2D eigenvalue weighted by atomic mass is 16.5. The largest absolute Gasteiger partial charge is 0.481 e. The standard InChI is InChI=1S/C15H22N4O/c1-10(16)8-14-11(2)18-19(12(14)3)9-13-6-5-7-17-15(13)20-4/h5-7,10H,8-9,16H2,1-4H3. The summed E-state index contributed by atoms with van der Waals surface area (Å²) in [6.45, 7) is 6.78. The van der Waals surface area contributed by atoms with Crippen molar-refractivity contribution < 1.29 is 4.74 Å². The summed E-state index contributed by atoms with van der Waals surface area (Å²) >= 11 is 0. The van der Waals surface area contributed by atoms with Crippen molar-refractivity contribution in [2.24, 2.45) is 5.73 Å². The van der Waals surface area contributed by atoms with Crippen LogP contribution in [-0.4, -0.2) is 27.9 Å². The summed E-state index contributed by atoms with van der Waals surface area (Å²) in [5.74, 6) is 0.647. The van der Waals surface area contributed by atoms with Gasteiger partial charge in [0.2, 0.25) is 5.88 Å². The molecule has 0 fully saturated rings. The van der Waals surface area contributed by atoms with E-state index in [1.165, 1.54) is 5.56 Å². The van der Waals surface area contributed by atoms with Gasteiger partial charge in [-0.1, -0.05) is 6.07 Å². The van der Waals surface area contributed by atoms with Gasteiger partial charge in [0.1, 0.15) is 0 Å². The Balaban J connectivity index is 2.30. The molecular formula is C15H22N4O. The van der Waals surface area contributed by atoms with Gasteiger partial charge in [-0.25, -0.2) is 4.98 Å². The number of aryl methyl sites for hydroxylation is 1. The maximum atomic E-state index is 5.90. The molecule has 2 rings (SSSR count). The zero-order valence-corrected chi connectivity index (χ0v) is 12.6. The van der Waals surface area contributed by atoms with Crippen LogP contribution in [-0.2, 0) is 13.0 Å². The molecule has 2 heterocycles. The third kappa shape index (κ3) is 2.99. The summed E-state index contributed by atoms with van der Waals surface area (Å²) < 4.78 is 7.28. The molecule has 0 aromatic carbocycles. The third-order valence-electron chi connectivity index (χ3n) is 3.42. The molecule has 0 aliphatic rings. The van der Waals surface area contributed by atoms with Gasteiger partial charge in [0.05, 0.1) is 19.3 Å². The van der Waals surface area contributed by atoms with E-state index in [2.05, 4.69) is 17.0 Å². The zero-order valence-electron chi connectivity index (χ0n) is 12.6. The Morgan fingerprint density at radius 2 is 2.15 bits per heavy atom. The number of nitrogens with two attached hydrogens (primary N) is 1. The minimum atomic E-state index is 0.137. The lowest BCUT2D eigenvalue weighted by molar-refractivity contribution is 0.390. The first-order valence-electron chi connectivity index (χ1n) is 6.79. The van der Waals surface area contributed by atoms with E-state index in [0.717, 1.165) is 23.4 Å². The Hall–Kier alpha value is -1.88. The minimum absolute atomic E-state index is 0.137. The van der Waals surface area contributed by atoms with Crippen LogP contribution in [0.2, 0.25) is 0 Å². The van der Waals surface area contributed by atoms with Gasteiger partial charge in [0, 0.05) is 23.5 Å². The van der Waals surface area contributed by atoms with Crippen molar-refractivity contribution in [1.29, 1.82) is 0 Å². The lowest BCUT2D eigenvalue weighted by atomic mass is 10.1. The van der Waals surface area contributed by atoms with Crippen molar-refractivity contribution in [3.05, 3.63) is 40.8 Å². The Morgan fingerprint density at radius 1 is 1.40 bits per heavy atom. The third-order valence-corrected chi connectivity index (χ3v) is 3.42. The van der Waals surface area contributed by atoms with E-state index in [-0.39, 0.29) is 6.04 Å². The predicted molar refractivity (Wildman–Crippen MR) is 78.9 cm³/mol. The van der Waals surface area contributed by atoms with Crippen molar-refractivity contribution in [1.82, 2.24) is 14.8 Å². The van der Waals surface area contributed by atoms with E-state index in [4.69, 9.17) is 10.5 Å². The molecule has 2 N–H and O–H groups in total. The number of nitrogens with zero attached hydrogens (tertiary/aromatic N) is 3. The molecule has 108 valence electrons. The van der Waals surface area contributed by atoms with Gasteiger partial charge in [-0.3, -0.25) is 4.68 Å². The second kappa shape index (κ2) is 6.05. The fourth-order valence-electron chi connectivity index (χ4n) is 2.39. The number of hydrogen-bond donors (Lipinski definition) is 1. The Morgan fingerprint density at radius 3 is 2.80 bits per heavy atom. The van der Waals surface area contributed by atoms with E-state index in [9.17, 15) is 0 Å². The van der Waals surface area contributed by atoms with Gasteiger partial charge >= 0.3 is 0 Å². The van der Waals surface area contributed by atoms with Crippen LogP contribution >= 0.6 is 0 Å². The lowest BCUT2D eigenvalue weighted by Crippen LogP contribution is -2.18. The van der Waals surface area contributed by atoms with E-state index < -0.39 is 0 Å². The van der Waals surface area contributed by atoms with Crippen LogP contribution in [0.3, 0.4) is 0 Å². The van der Waals surface area contributed by atoms with Crippen LogP contribution in [0.1, 0.15) is 29.4 Å². The fourth-order valence-corrected chi connectivity index (χ4v) is 2.39. The van der Waals surface area contributed by atoms with Gasteiger partial charge in [-0.05, 0) is 38.8 Å². The quantitative estimate of drug-likeness (QED) is 0.903. The Labute approximate surface area is 119 Å². The number of methoxy groups -OCH3 is 1. The smallest absolute Gasteiger partial charge is 0.218 e. The number of ether oxygens (including phenoxy) is 1. The van der Waals surface area contributed by atoms with Crippen LogP contribution in [0, 0.1) is 13.8 Å². The summed E-state index contributed by atoms with van der Waals surface area (Å²) in [4.78, 5) is 4.22. The average Bonchev–Trinajstić information content (AvgIpc) is 2.67. The van der Waals surface area contributed by atoms with Crippen LogP contribution < -0.4 is 10.5 Å². The van der Waals surface area contributed by atoms with E-state index >= 15 is 0 Å². The predicted octanol–water partition coefficient (Wildman–Crippen LogP) is 1.84. The highest BCUT2D eigenvalue weighted by Crippen LogP contribution is 2.19. The highest BCUT2D eigenvalue weighted by Gasteiger charge is 2.14. The first kappa shape index (κ1) is 14.5. The van der Waals surface area contributed by atoms with Crippen molar-refractivity contribution in [2.45, 2.75) is 39.8 Å². The van der Waals surface area contributed by atoms with E-state index in [1.807, 2.05) is 30.7 Å². The summed E-state index contributed by atoms with van der Waals surface area (Å²) in [6.07, 6.45) is 2.58. The van der Waals surface area contributed by atoms with Crippen molar-refractivity contribution in [2.75, 3.05) is 7.11 Å². The van der Waals surface area contributed by atoms with Crippen LogP contribution in [0.25, 0.3) is 0 Å². The van der Waals surface area contributed by atoms with Crippen LogP contribution in [0.4, 0.5) is 0 Å². The number of pyridine rings is 1. The SMILES string of the molecule is COc1ncccc1Cn1nc(C)c(CC(C)N)c1C. The summed E-state index contributed by atoms with van der Waals surface area (Å²) in [6, 6.07) is 4.05. The first-order chi connectivity index (χ1) is 9.52. The monoisotopic (exact) mass is 274 g/mol. The number of rotatable bonds is 5. The molecule has 5 heteroatoms. The van der Waals surface area contributed by atoms with Gasteiger partial charge in [-0.15, -0.1) is 0 Å². The van der Waals surface area contributed by atoms with Crippen molar-refractivity contribution in [3.63, 3.8) is 0 Å². The average molecular weight is 274 g/mol. The van der Waals surface area contributed by atoms with Crippen molar-refractivity contribution in [3.8, 4) is 5.88 Å². The summed E-state index contributed by atoms with van der Waals surface area (Å²) in [5, 5.41) is 4.61. The number of aromatic nitrogens is 3. The molecule has 0 amide bonds. The Bertz CT molecular complexity index is 590. The van der Waals surface area contributed by atoms with E-state index in [1.54, 1.807) is 13.3 Å². The lowest BCUT2D eigenvalue weighted by Gasteiger charge is -2.09.